The van der Waals surface area contributed by atoms with Crippen molar-refractivity contribution in [2.45, 2.75) is 50.1 Å². The average molecular weight is 417 g/mol. The van der Waals surface area contributed by atoms with E-state index in [1.165, 1.54) is 24.3 Å². The van der Waals surface area contributed by atoms with Gasteiger partial charge in [-0.05, 0) is 57.0 Å². The van der Waals surface area contributed by atoms with Crippen molar-refractivity contribution in [2.75, 3.05) is 46.3 Å². The zero-order valence-corrected chi connectivity index (χ0v) is 17.9. The summed E-state index contributed by atoms with van der Waals surface area (Å²) < 4.78 is 13.1. The van der Waals surface area contributed by atoms with Gasteiger partial charge >= 0.3 is 0 Å². The molecule has 164 valence electrons. The van der Waals surface area contributed by atoms with Gasteiger partial charge in [-0.1, -0.05) is 12.8 Å². The van der Waals surface area contributed by atoms with E-state index < -0.39 is 0 Å². The van der Waals surface area contributed by atoms with E-state index in [0.29, 0.717) is 24.6 Å². The Labute approximate surface area is 178 Å². The van der Waals surface area contributed by atoms with E-state index in [2.05, 4.69) is 22.2 Å². The van der Waals surface area contributed by atoms with E-state index in [-0.39, 0.29) is 23.3 Å². The van der Waals surface area contributed by atoms with Crippen LogP contribution in [0.1, 0.15) is 48.9 Å². The molecule has 2 amide bonds. The average Bonchev–Trinajstić information content (AvgIpc) is 3.26. The molecule has 4 rings (SSSR count). The number of nitrogens with zero attached hydrogens (tertiary/aromatic N) is 3. The highest BCUT2D eigenvalue weighted by molar-refractivity contribution is 5.94. The van der Waals surface area contributed by atoms with E-state index in [0.717, 1.165) is 64.7 Å². The van der Waals surface area contributed by atoms with E-state index in [4.69, 9.17) is 0 Å². The molecule has 0 radical (unpaired) electrons. The second-order valence-electron chi connectivity index (χ2n) is 9.08. The van der Waals surface area contributed by atoms with Crippen molar-refractivity contribution >= 4 is 11.8 Å². The van der Waals surface area contributed by atoms with Crippen LogP contribution in [0, 0.1) is 5.82 Å². The molecule has 0 bridgehead atoms. The Morgan fingerprint density at radius 3 is 2.17 bits per heavy atom. The van der Waals surface area contributed by atoms with Gasteiger partial charge in [0.25, 0.3) is 5.91 Å². The van der Waals surface area contributed by atoms with Crippen LogP contribution in [0.2, 0.25) is 0 Å². The second kappa shape index (κ2) is 9.02. The zero-order valence-electron chi connectivity index (χ0n) is 17.9. The number of hydrogen-bond acceptors (Lipinski definition) is 4. The molecule has 2 saturated heterocycles. The first-order chi connectivity index (χ1) is 14.5. The number of likely N-dealkylation sites (tertiary alicyclic amines) is 1. The molecule has 1 aromatic carbocycles. The van der Waals surface area contributed by atoms with Crippen molar-refractivity contribution in [1.82, 2.24) is 20.0 Å². The summed E-state index contributed by atoms with van der Waals surface area (Å²) in [4.78, 5) is 32.9. The van der Waals surface area contributed by atoms with Crippen LogP contribution in [-0.2, 0) is 4.79 Å². The van der Waals surface area contributed by atoms with Gasteiger partial charge in [-0.3, -0.25) is 14.5 Å². The zero-order chi connectivity index (χ0) is 21.1. The van der Waals surface area contributed by atoms with Gasteiger partial charge in [0.2, 0.25) is 5.91 Å². The highest BCUT2D eigenvalue weighted by Gasteiger charge is 2.48. The second-order valence-corrected chi connectivity index (χ2v) is 9.08. The predicted octanol–water partition coefficient (Wildman–Crippen LogP) is 2.11. The Balaban J connectivity index is 1.34. The smallest absolute Gasteiger partial charge is 0.251 e. The fourth-order valence-electron chi connectivity index (χ4n) is 5.25. The fourth-order valence-corrected chi connectivity index (χ4v) is 5.25. The highest BCUT2D eigenvalue weighted by atomic mass is 19.1. The van der Waals surface area contributed by atoms with Gasteiger partial charge < -0.3 is 15.1 Å². The standard InChI is InChI=1S/C23H33FN4O2/c1-26-14-16-28(17-15-26)23(10-2-3-11-23)22(30)27-12-8-20(9-13-27)25-21(29)18-4-6-19(24)7-5-18/h4-7,20H,2-3,8-17H2,1H3,(H,25,29). The first-order valence-electron chi connectivity index (χ1n) is 11.3. The van der Waals surface area contributed by atoms with Crippen molar-refractivity contribution in [2.24, 2.45) is 0 Å². The Kier molecular flexibility index (Phi) is 6.39. The molecule has 0 atom stereocenters. The van der Waals surface area contributed by atoms with Crippen molar-refractivity contribution in [3.63, 3.8) is 0 Å². The molecule has 2 aliphatic heterocycles. The number of carbonyl (C=O) groups excluding carboxylic acids is 2. The van der Waals surface area contributed by atoms with Crippen LogP contribution in [0.15, 0.2) is 24.3 Å². The molecule has 1 aliphatic carbocycles. The quantitative estimate of drug-likeness (QED) is 0.817. The van der Waals surface area contributed by atoms with Crippen LogP contribution in [-0.4, -0.2) is 84.4 Å². The number of hydrogen-bond donors (Lipinski definition) is 1. The molecule has 0 aromatic heterocycles. The van der Waals surface area contributed by atoms with Gasteiger partial charge in [0.1, 0.15) is 11.4 Å². The SMILES string of the molecule is CN1CCN(C2(C(=O)N3CCC(NC(=O)c4ccc(F)cc4)CC3)CCCC2)CC1. The molecule has 6 nitrogen and oxygen atoms in total. The number of benzene rings is 1. The molecule has 1 aromatic rings. The Bertz CT molecular complexity index is 747. The minimum absolute atomic E-state index is 0.0507. The normalized spacial score (nSPS) is 23.5. The van der Waals surface area contributed by atoms with E-state index in [1.54, 1.807) is 0 Å². The molecule has 3 aliphatic rings. The van der Waals surface area contributed by atoms with Crippen molar-refractivity contribution in [1.29, 1.82) is 0 Å². The largest absolute Gasteiger partial charge is 0.349 e. The van der Waals surface area contributed by atoms with Crippen molar-refractivity contribution < 1.29 is 14.0 Å². The van der Waals surface area contributed by atoms with Gasteiger partial charge in [-0.15, -0.1) is 0 Å². The van der Waals surface area contributed by atoms with Gasteiger partial charge in [0.05, 0.1) is 0 Å². The molecule has 1 saturated carbocycles. The summed E-state index contributed by atoms with van der Waals surface area (Å²) in [5, 5.41) is 3.05. The number of likely N-dealkylation sites (N-methyl/N-ethyl adjacent to an activating group) is 1. The molecule has 7 heteroatoms. The molecule has 3 fully saturated rings. The topological polar surface area (TPSA) is 55.9 Å². The van der Waals surface area contributed by atoms with E-state index >= 15 is 0 Å². The third-order valence-corrected chi connectivity index (χ3v) is 7.16. The lowest BCUT2D eigenvalue weighted by atomic mass is 9.90. The summed E-state index contributed by atoms with van der Waals surface area (Å²) in [6.45, 7) is 5.34. The molecule has 30 heavy (non-hydrogen) atoms. The Morgan fingerprint density at radius 2 is 1.57 bits per heavy atom. The monoisotopic (exact) mass is 416 g/mol. The number of nitrogens with one attached hydrogen (secondary N) is 1. The molecular weight excluding hydrogens is 383 g/mol. The molecule has 2 heterocycles. The Morgan fingerprint density at radius 1 is 0.967 bits per heavy atom. The number of halogens is 1. The number of piperazine rings is 1. The minimum atomic E-state index is -0.348. The molecule has 0 unspecified atom stereocenters. The van der Waals surface area contributed by atoms with Crippen molar-refractivity contribution in [3.05, 3.63) is 35.6 Å². The lowest BCUT2D eigenvalue weighted by Crippen LogP contribution is -2.63. The summed E-state index contributed by atoms with van der Waals surface area (Å²) in [7, 11) is 2.14. The maximum absolute atomic E-state index is 13.6. The first-order valence-corrected chi connectivity index (χ1v) is 11.3. The lowest BCUT2D eigenvalue weighted by molar-refractivity contribution is -0.147. The van der Waals surface area contributed by atoms with Gasteiger partial charge in [0.15, 0.2) is 0 Å². The third-order valence-electron chi connectivity index (χ3n) is 7.16. The maximum atomic E-state index is 13.6. The summed E-state index contributed by atoms with van der Waals surface area (Å²) in [6.07, 6.45) is 5.72. The summed E-state index contributed by atoms with van der Waals surface area (Å²) in [6, 6.07) is 5.66. The lowest BCUT2D eigenvalue weighted by Gasteiger charge is -2.47. The summed E-state index contributed by atoms with van der Waals surface area (Å²) in [5.41, 5.74) is 0.153. The maximum Gasteiger partial charge on any atom is 0.251 e. The summed E-state index contributed by atoms with van der Waals surface area (Å²) >= 11 is 0. The minimum Gasteiger partial charge on any atom is -0.349 e. The van der Waals surface area contributed by atoms with Crippen LogP contribution < -0.4 is 5.32 Å². The van der Waals surface area contributed by atoms with E-state index in [9.17, 15) is 14.0 Å². The number of rotatable bonds is 4. The number of amides is 2. The van der Waals surface area contributed by atoms with Crippen LogP contribution in [0.4, 0.5) is 4.39 Å². The van der Waals surface area contributed by atoms with Gasteiger partial charge in [-0.2, -0.15) is 0 Å². The number of piperidine rings is 1. The third kappa shape index (κ3) is 4.37. The molecule has 1 N–H and O–H groups in total. The van der Waals surface area contributed by atoms with Gasteiger partial charge in [0, 0.05) is 50.9 Å². The first kappa shape index (κ1) is 21.2. The van der Waals surface area contributed by atoms with E-state index in [1.807, 2.05) is 4.90 Å². The fraction of sp³-hybridized carbons (Fsp3) is 0.652. The van der Waals surface area contributed by atoms with Crippen LogP contribution in [0.3, 0.4) is 0 Å². The predicted molar refractivity (Wildman–Crippen MR) is 114 cm³/mol. The molecule has 0 spiro atoms. The Hall–Kier alpha value is -1.99. The van der Waals surface area contributed by atoms with Crippen LogP contribution in [0.25, 0.3) is 0 Å². The van der Waals surface area contributed by atoms with Crippen LogP contribution >= 0.6 is 0 Å². The van der Waals surface area contributed by atoms with Crippen molar-refractivity contribution in [3.8, 4) is 0 Å². The number of carbonyl (C=O) groups is 2. The molecular formula is C23H33FN4O2. The summed E-state index contributed by atoms with van der Waals surface area (Å²) in [5.74, 6) is -0.225. The van der Waals surface area contributed by atoms with Gasteiger partial charge in [-0.25, -0.2) is 4.39 Å². The highest BCUT2D eigenvalue weighted by Crippen LogP contribution is 2.38. The van der Waals surface area contributed by atoms with Crippen LogP contribution in [0.5, 0.6) is 0 Å².